The molecule has 1 amide bonds. The Morgan fingerprint density at radius 3 is 2.61 bits per heavy atom. The Labute approximate surface area is 266 Å². The first-order valence-electron chi connectivity index (χ1n) is 15.4. The minimum Gasteiger partial charge on any atom is -0.486 e. The van der Waals surface area contributed by atoms with Gasteiger partial charge < -0.3 is 34.4 Å². The Bertz CT molecular complexity index is 1540. The normalized spacial score (nSPS) is 21.3. The number of benzene rings is 2. The van der Waals surface area contributed by atoms with E-state index >= 15 is 4.39 Å². The fraction of sp³-hybridized carbons (Fsp3) is 0.469. The number of halogens is 1. The van der Waals surface area contributed by atoms with Crippen molar-refractivity contribution in [2.75, 3.05) is 76.4 Å². The molecule has 3 fully saturated rings. The van der Waals surface area contributed by atoms with Crippen molar-refractivity contribution >= 4 is 23.2 Å². The van der Waals surface area contributed by atoms with E-state index < -0.39 is 24.3 Å². The van der Waals surface area contributed by atoms with E-state index in [9.17, 15) is 15.2 Å². The zero-order chi connectivity index (χ0) is 32.0. The van der Waals surface area contributed by atoms with E-state index in [4.69, 9.17) is 14.2 Å². The van der Waals surface area contributed by atoms with Crippen LogP contribution < -0.4 is 15.0 Å². The first kappa shape index (κ1) is 31.6. The number of likely N-dealkylation sites (tertiary alicyclic amines) is 1. The number of carbonyl (C=O) groups excluding carboxylic acids is 1. The van der Waals surface area contributed by atoms with Crippen LogP contribution in [0.25, 0.3) is 11.4 Å². The molecule has 13 nitrogen and oxygen atoms in total. The van der Waals surface area contributed by atoms with Gasteiger partial charge in [0.15, 0.2) is 18.1 Å². The fourth-order valence-corrected chi connectivity index (χ4v) is 5.84. The summed E-state index contributed by atoms with van der Waals surface area (Å²) in [6, 6.07) is 15.7. The Morgan fingerprint density at radius 1 is 1.15 bits per heavy atom. The molecule has 0 radical (unpaired) electrons. The van der Waals surface area contributed by atoms with E-state index in [1.165, 1.54) is 18.3 Å². The molecule has 0 saturated carbocycles. The van der Waals surface area contributed by atoms with Gasteiger partial charge in [0.2, 0.25) is 5.95 Å². The first-order chi connectivity index (χ1) is 22.4. The molecular weight excluding hydrogens is 595 g/mol. The number of ether oxygens (including phenoxy) is 3. The van der Waals surface area contributed by atoms with E-state index in [2.05, 4.69) is 48.3 Å². The maximum absolute atomic E-state index is 15.0. The number of aliphatic hydroxyl groups excluding tert-OH is 1. The summed E-state index contributed by atoms with van der Waals surface area (Å²) in [7, 11) is 1.37. The number of piperazine rings is 1. The molecule has 1 aromatic heterocycles. The Morgan fingerprint density at radius 2 is 1.93 bits per heavy atom. The Kier molecular flexibility index (Phi) is 9.84. The third-order valence-electron chi connectivity index (χ3n) is 8.55. The number of anilines is 3. The Hall–Kier alpha value is -4.42. The average molecular weight is 633 g/mol. The van der Waals surface area contributed by atoms with Crippen LogP contribution in [0.2, 0.25) is 0 Å². The number of aromatic nitrogens is 3. The van der Waals surface area contributed by atoms with Crippen molar-refractivity contribution in [2.24, 2.45) is 0 Å². The molecule has 3 unspecified atom stereocenters. The van der Waals surface area contributed by atoms with Crippen LogP contribution in [-0.4, -0.2) is 126 Å². The number of nitriles is 1. The molecule has 6 rings (SSSR count). The van der Waals surface area contributed by atoms with Crippen molar-refractivity contribution in [1.82, 2.24) is 24.8 Å². The minimum atomic E-state index is -1.50. The average Bonchev–Trinajstić information content (AvgIpc) is 3.05. The van der Waals surface area contributed by atoms with Gasteiger partial charge in [0.1, 0.15) is 24.3 Å². The van der Waals surface area contributed by atoms with Crippen LogP contribution in [0.4, 0.5) is 21.7 Å². The van der Waals surface area contributed by atoms with Crippen molar-refractivity contribution in [2.45, 2.75) is 30.8 Å². The number of methoxy groups -OCH3 is 1. The standard InChI is InChI=1S/C32H37FN8O5/c1-44-19-27(42)31(43)41-9-8-29(26(33)16-41)46-28-7-2-21(14-22(28)15-34)30-35-20-36-32(38-30)37-23-3-5-24(6-4-23)39-10-12-40(13-11-39)25-17-45-18-25/h2-7,14,20,25-27,29,42H,8-13,16-19H2,1H3,(H,35,36,37,38). The second-order valence-electron chi connectivity index (χ2n) is 11.6. The zero-order valence-corrected chi connectivity index (χ0v) is 25.6. The number of amides is 1. The molecule has 3 aromatic rings. The second-order valence-corrected chi connectivity index (χ2v) is 11.6. The van der Waals surface area contributed by atoms with Crippen LogP contribution in [0.5, 0.6) is 5.75 Å². The summed E-state index contributed by atoms with van der Waals surface area (Å²) in [5.41, 5.74) is 2.76. The number of rotatable bonds is 10. The van der Waals surface area contributed by atoms with Crippen LogP contribution in [0.1, 0.15) is 12.0 Å². The molecule has 14 heteroatoms. The van der Waals surface area contributed by atoms with Crippen LogP contribution >= 0.6 is 0 Å². The summed E-state index contributed by atoms with van der Waals surface area (Å²) in [6.07, 6.45) is -2.09. The molecule has 3 aliphatic heterocycles. The summed E-state index contributed by atoms with van der Waals surface area (Å²) in [5.74, 6) is 0.351. The number of alkyl halides is 1. The van der Waals surface area contributed by atoms with Crippen molar-refractivity contribution in [3.63, 3.8) is 0 Å². The van der Waals surface area contributed by atoms with Crippen molar-refractivity contribution in [3.05, 3.63) is 54.4 Å². The molecule has 2 aromatic carbocycles. The van der Waals surface area contributed by atoms with Gasteiger partial charge in [-0.2, -0.15) is 10.2 Å². The molecule has 3 aliphatic rings. The van der Waals surface area contributed by atoms with Gasteiger partial charge in [0.25, 0.3) is 5.91 Å². The highest BCUT2D eigenvalue weighted by Crippen LogP contribution is 2.29. The van der Waals surface area contributed by atoms with Crippen LogP contribution in [0.3, 0.4) is 0 Å². The van der Waals surface area contributed by atoms with E-state index in [0.29, 0.717) is 23.4 Å². The predicted octanol–water partition coefficient (Wildman–Crippen LogP) is 2.00. The number of nitrogens with one attached hydrogen (secondary N) is 1. The van der Waals surface area contributed by atoms with Crippen LogP contribution in [0.15, 0.2) is 48.8 Å². The number of hydrogen-bond donors (Lipinski definition) is 2. The first-order valence-corrected chi connectivity index (χ1v) is 15.4. The van der Waals surface area contributed by atoms with Crippen LogP contribution in [-0.2, 0) is 14.3 Å². The zero-order valence-electron chi connectivity index (χ0n) is 25.6. The molecule has 0 bridgehead atoms. The topological polar surface area (TPSA) is 149 Å². The van der Waals surface area contributed by atoms with E-state index in [1.807, 2.05) is 12.1 Å². The number of piperidine rings is 1. The molecule has 2 N–H and O–H groups in total. The lowest BCUT2D eigenvalue weighted by molar-refractivity contribution is -0.146. The van der Waals surface area contributed by atoms with Gasteiger partial charge in [-0.15, -0.1) is 0 Å². The van der Waals surface area contributed by atoms with Gasteiger partial charge in [-0.25, -0.2) is 14.4 Å². The SMILES string of the molecule is COCC(O)C(=O)N1CCC(Oc2ccc(-c3ncnc(Nc4ccc(N5CCN(C6COC6)CC5)cc4)n3)cc2C#N)C(F)C1. The molecule has 4 heterocycles. The Balaban J connectivity index is 1.06. The van der Waals surface area contributed by atoms with Gasteiger partial charge >= 0.3 is 0 Å². The number of carbonyl (C=O) groups is 1. The number of hydrogen-bond acceptors (Lipinski definition) is 12. The summed E-state index contributed by atoms with van der Waals surface area (Å²) >= 11 is 0. The van der Waals surface area contributed by atoms with E-state index in [1.54, 1.807) is 18.2 Å². The molecule has 0 aliphatic carbocycles. The van der Waals surface area contributed by atoms with Gasteiger partial charge in [0.05, 0.1) is 38.0 Å². The fourth-order valence-electron chi connectivity index (χ4n) is 5.84. The molecule has 3 saturated heterocycles. The van der Waals surface area contributed by atoms with Gasteiger partial charge in [0, 0.05) is 63.2 Å². The highest BCUT2D eigenvalue weighted by Gasteiger charge is 2.35. The van der Waals surface area contributed by atoms with E-state index in [0.717, 1.165) is 50.8 Å². The maximum atomic E-state index is 15.0. The van der Waals surface area contributed by atoms with Crippen molar-refractivity contribution in [3.8, 4) is 23.2 Å². The molecular formula is C32H37FN8O5. The van der Waals surface area contributed by atoms with Crippen LogP contribution in [0, 0.1) is 11.3 Å². The molecule has 3 atom stereocenters. The highest BCUT2D eigenvalue weighted by atomic mass is 19.1. The lowest BCUT2D eigenvalue weighted by Crippen LogP contribution is -2.56. The van der Waals surface area contributed by atoms with E-state index in [-0.39, 0.29) is 37.4 Å². The molecule has 242 valence electrons. The summed E-state index contributed by atoms with van der Waals surface area (Å²) in [4.78, 5) is 31.5. The smallest absolute Gasteiger partial charge is 0.253 e. The second kappa shape index (κ2) is 14.3. The summed E-state index contributed by atoms with van der Waals surface area (Å²) in [5, 5.41) is 22.9. The lowest BCUT2D eigenvalue weighted by atomic mass is 10.0. The highest BCUT2D eigenvalue weighted by molar-refractivity contribution is 5.81. The summed E-state index contributed by atoms with van der Waals surface area (Å²) in [6.45, 7) is 5.52. The van der Waals surface area contributed by atoms with Gasteiger partial charge in [-0.1, -0.05) is 0 Å². The summed E-state index contributed by atoms with van der Waals surface area (Å²) < 4.78 is 31.1. The van der Waals surface area contributed by atoms with Gasteiger partial charge in [-0.3, -0.25) is 9.69 Å². The lowest BCUT2D eigenvalue weighted by Gasteiger charge is -2.43. The number of nitrogens with zero attached hydrogens (tertiary/aromatic N) is 7. The largest absolute Gasteiger partial charge is 0.486 e. The predicted molar refractivity (Wildman–Crippen MR) is 166 cm³/mol. The van der Waals surface area contributed by atoms with Crippen molar-refractivity contribution < 1.29 is 28.5 Å². The maximum Gasteiger partial charge on any atom is 0.253 e. The third-order valence-corrected chi connectivity index (χ3v) is 8.55. The quantitative estimate of drug-likeness (QED) is 0.337. The third kappa shape index (κ3) is 7.18. The van der Waals surface area contributed by atoms with Crippen molar-refractivity contribution in [1.29, 1.82) is 5.26 Å². The monoisotopic (exact) mass is 632 g/mol. The minimum absolute atomic E-state index is 0.161. The molecule has 0 spiro atoms. The number of aliphatic hydroxyl groups is 1. The molecule has 46 heavy (non-hydrogen) atoms. The van der Waals surface area contributed by atoms with Gasteiger partial charge in [-0.05, 0) is 42.5 Å².